The van der Waals surface area contributed by atoms with Crippen molar-refractivity contribution in [1.29, 1.82) is 5.26 Å². The molecule has 4 heteroatoms. The smallest absolute Gasteiger partial charge is 0.123 e. The number of halogens is 1. The monoisotopic (exact) mass is 326 g/mol. The summed E-state index contributed by atoms with van der Waals surface area (Å²) in [4.78, 5) is 2.13. The van der Waals surface area contributed by atoms with Crippen LogP contribution in [-0.4, -0.2) is 30.6 Å². The number of aliphatic hydroxyl groups excluding tert-OH is 1. The molecule has 0 aliphatic carbocycles. The molecule has 0 aliphatic rings. The number of hydrogen-bond acceptors (Lipinski definition) is 3. The molecule has 0 aromatic heterocycles. The van der Waals surface area contributed by atoms with Crippen molar-refractivity contribution in [2.45, 2.75) is 25.4 Å². The molecule has 0 spiro atoms. The van der Waals surface area contributed by atoms with Gasteiger partial charge in [0.25, 0.3) is 0 Å². The first-order valence-electron chi connectivity index (χ1n) is 8.09. The van der Waals surface area contributed by atoms with Crippen LogP contribution in [0.15, 0.2) is 42.5 Å². The predicted molar refractivity (Wildman–Crippen MR) is 93.1 cm³/mol. The molecule has 0 amide bonds. The van der Waals surface area contributed by atoms with Crippen LogP contribution in [0.3, 0.4) is 0 Å². The number of rotatable bonds is 7. The van der Waals surface area contributed by atoms with Crippen LogP contribution in [0.4, 0.5) is 4.39 Å². The van der Waals surface area contributed by atoms with Gasteiger partial charge in [-0.3, -0.25) is 0 Å². The van der Waals surface area contributed by atoms with E-state index in [0.717, 1.165) is 36.1 Å². The average molecular weight is 326 g/mol. The zero-order valence-corrected chi connectivity index (χ0v) is 14.2. The summed E-state index contributed by atoms with van der Waals surface area (Å²) in [5.41, 5.74) is 3.32. The second-order valence-electron chi connectivity index (χ2n) is 6.23. The number of benzene rings is 2. The Balaban J connectivity index is 2.38. The first-order chi connectivity index (χ1) is 11.5. The third-order valence-electron chi connectivity index (χ3n) is 4.19. The summed E-state index contributed by atoms with van der Waals surface area (Å²) < 4.78 is 13.3. The van der Waals surface area contributed by atoms with Gasteiger partial charge in [-0.05, 0) is 74.4 Å². The summed E-state index contributed by atoms with van der Waals surface area (Å²) in [6, 6.07) is 14.1. The summed E-state index contributed by atoms with van der Waals surface area (Å²) >= 11 is 0. The van der Waals surface area contributed by atoms with Gasteiger partial charge in [0.15, 0.2) is 0 Å². The molecule has 1 atom stereocenters. The molecule has 126 valence electrons. The van der Waals surface area contributed by atoms with Crippen molar-refractivity contribution >= 4 is 0 Å². The molecule has 0 unspecified atom stereocenters. The van der Waals surface area contributed by atoms with Crippen LogP contribution < -0.4 is 0 Å². The van der Waals surface area contributed by atoms with Crippen LogP contribution in [0.2, 0.25) is 0 Å². The van der Waals surface area contributed by atoms with E-state index >= 15 is 0 Å². The highest BCUT2D eigenvalue weighted by Gasteiger charge is 2.18. The Hall–Kier alpha value is -2.22. The minimum Gasteiger partial charge on any atom is -0.392 e. The lowest BCUT2D eigenvalue weighted by atomic mass is 9.84. The van der Waals surface area contributed by atoms with Gasteiger partial charge in [-0.2, -0.15) is 5.26 Å². The Kier molecular flexibility index (Phi) is 6.48. The molecular weight excluding hydrogens is 303 g/mol. The SMILES string of the molecule is CN(C)CCC[C@H](c1ccc(F)cc1)c1ccc(C#N)cc1CO. The fourth-order valence-electron chi connectivity index (χ4n) is 2.96. The van der Waals surface area contributed by atoms with Gasteiger partial charge in [-0.1, -0.05) is 18.2 Å². The molecule has 2 rings (SSSR count). The molecule has 24 heavy (non-hydrogen) atoms. The molecule has 2 aromatic rings. The molecule has 3 nitrogen and oxygen atoms in total. The highest BCUT2D eigenvalue weighted by molar-refractivity contribution is 5.43. The summed E-state index contributed by atoms with van der Waals surface area (Å²) in [5.74, 6) is -0.187. The Labute approximate surface area is 143 Å². The van der Waals surface area contributed by atoms with E-state index in [4.69, 9.17) is 5.26 Å². The van der Waals surface area contributed by atoms with Gasteiger partial charge in [0.05, 0.1) is 18.2 Å². The van der Waals surface area contributed by atoms with E-state index in [9.17, 15) is 9.50 Å². The maximum atomic E-state index is 13.3. The lowest BCUT2D eigenvalue weighted by Crippen LogP contribution is -2.15. The van der Waals surface area contributed by atoms with Gasteiger partial charge < -0.3 is 10.0 Å². The van der Waals surface area contributed by atoms with Crippen LogP contribution in [0.1, 0.15) is 41.0 Å². The zero-order chi connectivity index (χ0) is 17.5. The number of aliphatic hydroxyl groups is 1. The van der Waals surface area contributed by atoms with Gasteiger partial charge in [-0.25, -0.2) is 4.39 Å². The van der Waals surface area contributed by atoms with Crippen LogP contribution in [0.5, 0.6) is 0 Å². The summed E-state index contributed by atoms with van der Waals surface area (Å²) in [6.45, 7) is 0.846. The van der Waals surface area contributed by atoms with E-state index < -0.39 is 0 Å². The quantitative estimate of drug-likeness (QED) is 0.844. The fourth-order valence-corrected chi connectivity index (χ4v) is 2.96. The first kappa shape index (κ1) is 18.1. The minimum absolute atomic E-state index is 0.0699. The van der Waals surface area contributed by atoms with Crippen molar-refractivity contribution in [1.82, 2.24) is 4.90 Å². The number of hydrogen-bond donors (Lipinski definition) is 1. The zero-order valence-electron chi connectivity index (χ0n) is 14.2. The Morgan fingerprint density at radius 1 is 1.17 bits per heavy atom. The Morgan fingerprint density at radius 2 is 1.88 bits per heavy atom. The molecule has 2 aromatic carbocycles. The van der Waals surface area contributed by atoms with Crippen molar-refractivity contribution in [3.8, 4) is 6.07 Å². The standard InChI is InChI=1S/C20H23FN2O/c1-23(2)11-3-4-19(16-6-8-18(21)9-7-16)20-10-5-15(13-22)12-17(20)14-24/h5-10,12,19,24H,3-4,11,14H2,1-2H3/t19-/m1/s1. The molecule has 0 heterocycles. The van der Waals surface area contributed by atoms with Crippen molar-refractivity contribution in [2.24, 2.45) is 0 Å². The van der Waals surface area contributed by atoms with Gasteiger partial charge in [0.1, 0.15) is 5.82 Å². The topological polar surface area (TPSA) is 47.3 Å². The van der Waals surface area contributed by atoms with Crippen molar-refractivity contribution in [3.63, 3.8) is 0 Å². The van der Waals surface area contributed by atoms with E-state index in [2.05, 4.69) is 11.0 Å². The van der Waals surface area contributed by atoms with Crippen LogP contribution in [-0.2, 0) is 6.61 Å². The van der Waals surface area contributed by atoms with E-state index in [0.29, 0.717) is 5.56 Å². The van der Waals surface area contributed by atoms with Crippen molar-refractivity contribution in [2.75, 3.05) is 20.6 Å². The molecule has 0 aliphatic heterocycles. The molecule has 0 saturated carbocycles. The lowest BCUT2D eigenvalue weighted by Gasteiger charge is -2.22. The summed E-state index contributed by atoms with van der Waals surface area (Å²) in [5, 5.41) is 18.8. The maximum absolute atomic E-state index is 13.3. The Morgan fingerprint density at radius 3 is 2.46 bits per heavy atom. The minimum atomic E-state index is -0.256. The van der Waals surface area contributed by atoms with Gasteiger partial charge in [0.2, 0.25) is 0 Å². The predicted octanol–water partition coefficient (Wildman–Crippen LogP) is 3.66. The molecule has 0 fully saturated rings. The van der Waals surface area contributed by atoms with Gasteiger partial charge in [-0.15, -0.1) is 0 Å². The van der Waals surface area contributed by atoms with Crippen LogP contribution in [0.25, 0.3) is 0 Å². The first-order valence-corrected chi connectivity index (χ1v) is 8.09. The lowest BCUT2D eigenvalue weighted by molar-refractivity contribution is 0.280. The third-order valence-corrected chi connectivity index (χ3v) is 4.19. The van der Waals surface area contributed by atoms with E-state index in [1.165, 1.54) is 12.1 Å². The molecule has 1 N–H and O–H groups in total. The van der Waals surface area contributed by atoms with E-state index in [1.54, 1.807) is 24.3 Å². The van der Waals surface area contributed by atoms with E-state index in [1.807, 2.05) is 20.2 Å². The van der Waals surface area contributed by atoms with Crippen LogP contribution >= 0.6 is 0 Å². The number of nitriles is 1. The number of nitrogens with zero attached hydrogens (tertiary/aromatic N) is 2. The summed E-state index contributed by atoms with van der Waals surface area (Å²) in [7, 11) is 4.07. The largest absolute Gasteiger partial charge is 0.392 e. The Bertz CT molecular complexity index is 705. The fraction of sp³-hybridized carbons (Fsp3) is 0.350. The second-order valence-corrected chi connectivity index (χ2v) is 6.23. The van der Waals surface area contributed by atoms with Crippen molar-refractivity contribution in [3.05, 3.63) is 70.5 Å². The van der Waals surface area contributed by atoms with Crippen LogP contribution in [0, 0.1) is 17.1 Å². The molecular formula is C20H23FN2O. The maximum Gasteiger partial charge on any atom is 0.123 e. The average Bonchev–Trinajstić information content (AvgIpc) is 2.59. The molecule has 0 saturated heterocycles. The van der Waals surface area contributed by atoms with E-state index in [-0.39, 0.29) is 18.3 Å². The van der Waals surface area contributed by atoms with Gasteiger partial charge >= 0.3 is 0 Å². The van der Waals surface area contributed by atoms with Gasteiger partial charge in [0, 0.05) is 5.92 Å². The highest BCUT2D eigenvalue weighted by Crippen LogP contribution is 2.32. The molecule has 0 bridgehead atoms. The summed E-state index contributed by atoms with van der Waals surface area (Å²) in [6.07, 6.45) is 1.88. The highest BCUT2D eigenvalue weighted by atomic mass is 19.1. The van der Waals surface area contributed by atoms with Crippen molar-refractivity contribution < 1.29 is 9.50 Å². The normalized spacial score (nSPS) is 12.2. The molecule has 0 radical (unpaired) electrons. The third kappa shape index (κ3) is 4.64. The second kappa shape index (κ2) is 8.58.